The van der Waals surface area contributed by atoms with Gasteiger partial charge in [0.15, 0.2) is 5.78 Å². The molecule has 0 radical (unpaired) electrons. The van der Waals surface area contributed by atoms with E-state index in [0.717, 1.165) is 38.0 Å². The Morgan fingerprint density at radius 3 is 2.48 bits per heavy atom. The van der Waals surface area contributed by atoms with Crippen LogP contribution in [0.4, 0.5) is 0 Å². The van der Waals surface area contributed by atoms with Crippen LogP contribution in [0.3, 0.4) is 0 Å². The number of carbonyl (C=O) groups excluding carboxylic acids is 2. The molecule has 0 bridgehead atoms. The summed E-state index contributed by atoms with van der Waals surface area (Å²) in [5.74, 6) is 3.82. The molecule has 0 unspecified atom stereocenters. The number of esters is 1. The van der Waals surface area contributed by atoms with Crippen LogP contribution in [0, 0.1) is 46.3 Å². The molecule has 0 aromatic heterocycles. The number of allylic oxidation sites excluding steroid dienone is 2. The normalized spacial score (nSPS) is 41.5. The maximum atomic E-state index is 13.6. The summed E-state index contributed by atoms with van der Waals surface area (Å²) in [4.78, 5) is 25.2. The molecule has 0 saturated heterocycles. The van der Waals surface area contributed by atoms with E-state index in [1.807, 2.05) is 0 Å². The minimum absolute atomic E-state index is 0.0760. The Morgan fingerprint density at radius 2 is 1.82 bits per heavy atom. The highest BCUT2D eigenvalue weighted by atomic mass is 16.5. The van der Waals surface area contributed by atoms with Crippen molar-refractivity contribution in [3.8, 4) is 0 Å². The Hall–Kier alpha value is -1.12. The van der Waals surface area contributed by atoms with E-state index in [4.69, 9.17) is 4.74 Å². The predicted molar refractivity (Wildman–Crippen MR) is 134 cm³/mol. The number of Topliss-reactive ketones (excluding diaryl/α,β-unsaturated/α-hetero) is 1. The van der Waals surface area contributed by atoms with Gasteiger partial charge in [0, 0.05) is 18.9 Å². The lowest BCUT2D eigenvalue weighted by molar-refractivity contribution is -0.153. The van der Waals surface area contributed by atoms with Crippen LogP contribution in [0.5, 0.6) is 0 Å². The summed E-state index contributed by atoms with van der Waals surface area (Å²) in [5, 5.41) is 0. The minimum Gasteiger partial charge on any atom is -0.463 e. The van der Waals surface area contributed by atoms with Gasteiger partial charge in [-0.1, -0.05) is 66.4 Å². The predicted octanol–water partition coefficient (Wildman–Crippen LogP) is 7.53. The molecule has 4 rings (SSSR count). The molecular weight excluding hydrogens is 408 g/mol. The summed E-state index contributed by atoms with van der Waals surface area (Å²) in [6.07, 6.45) is 11.3. The SMILES string of the molecule is CC(=O)O[C@H]1CC[C@@]2(C)[C@H](C1)C[C@@H](C)C1=C3C(=O)C[C@H]([C@H](C)CCCC(C)C)[C@@]3(C)CC[C@@H]12. The van der Waals surface area contributed by atoms with Crippen LogP contribution in [0.25, 0.3) is 0 Å². The molecule has 3 saturated carbocycles. The van der Waals surface area contributed by atoms with Crippen molar-refractivity contribution in [2.45, 2.75) is 119 Å². The number of ketones is 1. The van der Waals surface area contributed by atoms with Crippen LogP contribution in [-0.4, -0.2) is 17.9 Å². The number of fused-ring (bicyclic) bond motifs is 4. The average molecular weight is 457 g/mol. The van der Waals surface area contributed by atoms with Crippen LogP contribution in [0.2, 0.25) is 0 Å². The van der Waals surface area contributed by atoms with Crippen molar-refractivity contribution in [1.29, 1.82) is 0 Å². The molecular formula is C30H48O3. The maximum Gasteiger partial charge on any atom is 0.302 e. The minimum atomic E-state index is -0.145. The van der Waals surface area contributed by atoms with Crippen LogP contribution >= 0.6 is 0 Å². The number of rotatable bonds is 6. The summed E-state index contributed by atoms with van der Waals surface area (Å²) in [6, 6.07) is 0. The number of hydrogen-bond acceptors (Lipinski definition) is 3. The Bertz CT molecular complexity index is 809. The average Bonchev–Trinajstić information content (AvgIpc) is 2.99. The van der Waals surface area contributed by atoms with E-state index in [2.05, 4.69) is 41.5 Å². The van der Waals surface area contributed by atoms with Crippen LogP contribution < -0.4 is 0 Å². The van der Waals surface area contributed by atoms with Crippen molar-refractivity contribution in [1.82, 2.24) is 0 Å². The molecule has 8 atom stereocenters. The lowest BCUT2D eigenvalue weighted by Crippen LogP contribution is -2.51. The summed E-state index contributed by atoms with van der Waals surface area (Å²) in [7, 11) is 0. The lowest BCUT2D eigenvalue weighted by Gasteiger charge is -2.58. The van der Waals surface area contributed by atoms with Gasteiger partial charge < -0.3 is 4.74 Å². The first-order chi connectivity index (χ1) is 15.5. The van der Waals surface area contributed by atoms with E-state index in [1.54, 1.807) is 5.57 Å². The van der Waals surface area contributed by atoms with Gasteiger partial charge in [-0.25, -0.2) is 0 Å². The quantitative estimate of drug-likeness (QED) is 0.388. The summed E-state index contributed by atoms with van der Waals surface area (Å²) < 4.78 is 5.64. The van der Waals surface area contributed by atoms with Gasteiger partial charge >= 0.3 is 5.97 Å². The first-order valence-electron chi connectivity index (χ1n) is 13.9. The molecule has 4 aliphatic carbocycles. The van der Waals surface area contributed by atoms with Crippen LogP contribution in [0.1, 0.15) is 113 Å². The van der Waals surface area contributed by atoms with E-state index in [1.165, 1.54) is 44.6 Å². The Labute approximate surface area is 202 Å². The number of ether oxygens (including phenoxy) is 1. The van der Waals surface area contributed by atoms with Gasteiger partial charge in [-0.15, -0.1) is 0 Å². The third-order valence-electron chi connectivity index (χ3n) is 10.6. The summed E-state index contributed by atoms with van der Waals surface area (Å²) >= 11 is 0. The molecule has 0 N–H and O–H groups in total. The van der Waals surface area contributed by atoms with Gasteiger partial charge in [0.2, 0.25) is 0 Å². The zero-order valence-electron chi connectivity index (χ0n) is 22.3. The van der Waals surface area contributed by atoms with E-state index < -0.39 is 0 Å². The first kappa shape index (κ1) is 25.0. The molecule has 0 spiro atoms. The molecule has 4 aliphatic rings. The molecule has 0 aliphatic heterocycles. The van der Waals surface area contributed by atoms with Crippen molar-refractivity contribution in [3.63, 3.8) is 0 Å². The molecule has 3 nitrogen and oxygen atoms in total. The van der Waals surface area contributed by atoms with Gasteiger partial charge in [-0.2, -0.15) is 0 Å². The number of hydrogen-bond donors (Lipinski definition) is 0. The van der Waals surface area contributed by atoms with Gasteiger partial charge in [-0.05, 0) is 84.9 Å². The van der Waals surface area contributed by atoms with Crippen molar-refractivity contribution >= 4 is 11.8 Å². The molecule has 33 heavy (non-hydrogen) atoms. The van der Waals surface area contributed by atoms with Crippen molar-refractivity contribution in [3.05, 3.63) is 11.1 Å². The largest absolute Gasteiger partial charge is 0.463 e. The third kappa shape index (κ3) is 4.36. The molecule has 3 fully saturated rings. The second-order valence-electron chi connectivity index (χ2n) is 13.2. The number of carbonyl (C=O) groups is 2. The fourth-order valence-corrected chi connectivity index (χ4v) is 8.86. The smallest absolute Gasteiger partial charge is 0.302 e. The highest BCUT2D eigenvalue weighted by Crippen LogP contribution is 2.66. The van der Waals surface area contributed by atoms with Crippen LogP contribution in [0.15, 0.2) is 11.1 Å². The Balaban J connectivity index is 1.60. The van der Waals surface area contributed by atoms with Gasteiger partial charge in [0.25, 0.3) is 0 Å². The van der Waals surface area contributed by atoms with Gasteiger partial charge in [-0.3, -0.25) is 9.59 Å². The van der Waals surface area contributed by atoms with E-state index >= 15 is 0 Å². The lowest BCUT2D eigenvalue weighted by atomic mass is 9.47. The first-order valence-corrected chi connectivity index (χ1v) is 13.9. The standard InChI is InChI=1S/C30H48O3/c1-18(2)9-8-10-19(3)25-17-26(32)28-27-20(4)15-22-16-23(33-21(5)31)11-13-29(22,6)24(27)12-14-30(25,28)7/h18-20,22-25H,8-17H2,1-7H3/t19-,20-,22+,23+,24+,25-,29+,30-/m1/s1. The fourth-order valence-electron chi connectivity index (χ4n) is 8.86. The molecule has 0 amide bonds. The molecule has 0 aromatic carbocycles. The zero-order valence-corrected chi connectivity index (χ0v) is 22.3. The van der Waals surface area contributed by atoms with Crippen molar-refractivity contribution < 1.29 is 14.3 Å². The van der Waals surface area contributed by atoms with Crippen molar-refractivity contribution in [2.24, 2.45) is 46.3 Å². The Morgan fingerprint density at radius 1 is 1.09 bits per heavy atom. The second-order valence-corrected chi connectivity index (χ2v) is 13.2. The third-order valence-corrected chi connectivity index (χ3v) is 10.6. The molecule has 0 aromatic rings. The maximum absolute atomic E-state index is 13.6. The molecule has 0 heterocycles. The summed E-state index contributed by atoms with van der Waals surface area (Å²) in [6.45, 7) is 15.9. The highest BCUT2D eigenvalue weighted by Gasteiger charge is 2.59. The Kier molecular flexibility index (Phi) is 6.93. The summed E-state index contributed by atoms with van der Waals surface area (Å²) in [5.41, 5.74) is 3.14. The second kappa shape index (κ2) is 9.15. The topological polar surface area (TPSA) is 43.4 Å². The van der Waals surface area contributed by atoms with Crippen LogP contribution in [-0.2, 0) is 14.3 Å². The van der Waals surface area contributed by atoms with Gasteiger partial charge in [0.1, 0.15) is 6.10 Å². The molecule has 186 valence electrons. The fraction of sp³-hybridized carbons (Fsp3) is 0.867. The van der Waals surface area contributed by atoms with Crippen molar-refractivity contribution in [2.75, 3.05) is 0 Å². The van der Waals surface area contributed by atoms with E-state index in [0.29, 0.717) is 35.4 Å². The highest BCUT2D eigenvalue weighted by molar-refractivity contribution is 6.00. The molecule has 3 heteroatoms. The van der Waals surface area contributed by atoms with E-state index in [9.17, 15) is 9.59 Å². The van der Waals surface area contributed by atoms with Gasteiger partial charge in [0.05, 0.1) is 0 Å². The zero-order chi connectivity index (χ0) is 24.1. The monoisotopic (exact) mass is 456 g/mol. The van der Waals surface area contributed by atoms with E-state index in [-0.39, 0.29) is 22.9 Å².